The fourth-order valence-electron chi connectivity index (χ4n) is 6.81. The number of anilines is 1. The summed E-state index contributed by atoms with van der Waals surface area (Å²) in [4.78, 5) is 78.9. The number of amides is 5. The molecule has 20 heteroatoms. The minimum atomic E-state index is -1.49. The number of nitrogens with two attached hydrogens (primary N) is 1. The summed E-state index contributed by atoms with van der Waals surface area (Å²) in [5.74, 6) is -3.40. The van der Waals surface area contributed by atoms with E-state index in [1.165, 1.54) is 19.9 Å². The summed E-state index contributed by atoms with van der Waals surface area (Å²) in [5, 5.41) is 47.2. The largest absolute Gasteiger partial charge is 0.394 e. The average molecular weight is 847 g/mol. The molecule has 1 fully saturated rings. The normalized spacial score (nSPS) is 19.6. The summed E-state index contributed by atoms with van der Waals surface area (Å²) >= 11 is 0. The van der Waals surface area contributed by atoms with Crippen LogP contribution in [0.25, 0.3) is 21.8 Å². The van der Waals surface area contributed by atoms with Crippen molar-refractivity contribution >= 4 is 62.7 Å². The van der Waals surface area contributed by atoms with Crippen LogP contribution >= 0.6 is 0 Å². The standard InChI is InChI=1S/C41H50N8O12/c1-23(45-33(53)22-59-38-36(46-24(2)51)41(61-31(20-50)37(38)54)60-21-25-10-4-3-5-11-25)40(56)48-29(39(42)55)16-17-32(52)43-18-9-19-44-35-26-12-6-7-13-27(26)47-28-14-8-15-30(34(28)35)49(57)58/h3-8,10-15,23,29,31,36-38,41,50,54H,9,16-22H2,1-2H3,(H2,42,55)(H,43,52)(H,44,47)(H,45,53)(H,46,51)(H,48,56)/t23-,29+,31?,36?,37?,38?,41?/m0/s1. The molecule has 0 spiro atoms. The van der Waals surface area contributed by atoms with Crippen LogP contribution in [0.5, 0.6) is 0 Å². The third-order valence-electron chi connectivity index (χ3n) is 9.84. The van der Waals surface area contributed by atoms with Crippen LogP contribution in [0.3, 0.4) is 0 Å². The predicted molar refractivity (Wildman–Crippen MR) is 220 cm³/mol. The van der Waals surface area contributed by atoms with E-state index >= 15 is 0 Å². The Kier molecular flexibility index (Phi) is 16.3. The number of carbonyl (C=O) groups excluding carboxylic acids is 5. The number of aliphatic hydroxyl groups is 2. The first-order chi connectivity index (χ1) is 29.3. The van der Waals surface area contributed by atoms with Gasteiger partial charge < -0.3 is 56.7 Å². The summed E-state index contributed by atoms with van der Waals surface area (Å²) < 4.78 is 17.4. The zero-order chi connectivity index (χ0) is 44.1. The Morgan fingerprint density at radius 3 is 2.38 bits per heavy atom. The van der Waals surface area contributed by atoms with Gasteiger partial charge in [-0.3, -0.25) is 34.1 Å². The molecule has 1 aromatic heterocycles. The third-order valence-corrected chi connectivity index (χ3v) is 9.84. The van der Waals surface area contributed by atoms with Crippen molar-refractivity contribution in [3.63, 3.8) is 0 Å². The Morgan fingerprint density at radius 2 is 1.67 bits per heavy atom. The second-order valence-electron chi connectivity index (χ2n) is 14.4. The highest BCUT2D eigenvalue weighted by molar-refractivity contribution is 6.11. The van der Waals surface area contributed by atoms with Gasteiger partial charge in [0.25, 0.3) is 5.69 Å². The quantitative estimate of drug-likeness (QED) is 0.0247. The lowest BCUT2D eigenvalue weighted by Crippen LogP contribution is -2.65. The van der Waals surface area contributed by atoms with Crippen LogP contribution in [-0.4, -0.2) is 119 Å². The number of nitrogens with one attached hydrogen (secondary N) is 5. The van der Waals surface area contributed by atoms with E-state index in [1.807, 2.05) is 54.6 Å². The third kappa shape index (κ3) is 12.4. The number of aromatic nitrogens is 1. The van der Waals surface area contributed by atoms with Crippen LogP contribution in [0.15, 0.2) is 72.8 Å². The second-order valence-corrected chi connectivity index (χ2v) is 14.4. The van der Waals surface area contributed by atoms with E-state index in [1.54, 1.807) is 12.1 Å². The van der Waals surface area contributed by atoms with Crippen molar-refractivity contribution in [1.29, 1.82) is 0 Å². The number of fused-ring (bicyclic) bond motifs is 2. The fraction of sp³-hybridized carbons (Fsp3) is 0.415. The number of benzene rings is 3. The number of hydrogen-bond acceptors (Lipinski definition) is 14. The van der Waals surface area contributed by atoms with Gasteiger partial charge in [0.05, 0.1) is 34.9 Å². The molecule has 7 atom stereocenters. The molecule has 1 saturated heterocycles. The van der Waals surface area contributed by atoms with Crippen LogP contribution < -0.4 is 32.3 Å². The van der Waals surface area contributed by atoms with Gasteiger partial charge in [0.1, 0.15) is 48.4 Å². The molecule has 4 aromatic rings. The molecule has 0 radical (unpaired) electrons. The summed E-state index contributed by atoms with van der Waals surface area (Å²) in [5.41, 5.74) is 7.90. The van der Waals surface area contributed by atoms with Crippen molar-refractivity contribution < 1.29 is 53.3 Å². The van der Waals surface area contributed by atoms with Gasteiger partial charge in [-0.25, -0.2) is 4.98 Å². The van der Waals surface area contributed by atoms with Gasteiger partial charge in [-0.05, 0) is 37.5 Å². The molecule has 61 heavy (non-hydrogen) atoms. The monoisotopic (exact) mass is 846 g/mol. The second kappa shape index (κ2) is 21.8. The lowest BCUT2D eigenvalue weighted by molar-refractivity contribution is -0.383. The molecule has 326 valence electrons. The van der Waals surface area contributed by atoms with Gasteiger partial charge in [-0.2, -0.15) is 0 Å². The number of primary amides is 1. The number of carbonyl (C=O) groups is 5. The van der Waals surface area contributed by atoms with Gasteiger partial charge in [0, 0.05) is 37.9 Å². The summed E-state index contributed by atoms with van der Waals surface area (Å²) in [6, 6.07) is 17.5. The van der Waals surface area contributed by atoms with Crippen molar-refractivity contribution in [2.24, 2.45) is 5.73 Å². The number of ether oxygens (including phenoxy) is 3. The van der Waals surface area contributed by atoms with E-state index in [2.05, 4.69) is 31.6 Å². The Hall–Kier alpha value is -6.32. The maximum absolute atomic E-state index is 13.0. The maximum Gasteiger partial charge on any atom is 0.280 e. The Labute approximate surface area is 350 Å². The zero-order valence-electron chi connectivity index (χ0n) is 33.6. The van der Waals surface area contributed by atoms with Crippen LogP contribution in [-0.2, 0) is 44.8 Å². The molecule has 0 saturated carbocycles. The summed E-state index contributed by atoms with van der Waals surface area (Å²) in [6.45, 7) is 1.91. The van der Waals surface area contributed by atoms with Crippen LogP contribution in [0.1, 0.15) is 38.7 Å². The van der Waals surface area contributed by atoms with Gasteiger partial charge in [-0.1, -0.05) is 54.6 Å². The number of nitrogens with zero attached hydrogens (tertiary/aromatic N) is 2. The topological polar surface area (TPSA) is 296 Å². The van der Waals surface area contributed by atoms with Crippen LogP contribution in [0.4, 0.5) is 11.4 Å². The zero-order valence-corrected chi connectivity index (χ0v) is 33.6. The molecule has 3 aromatic carbocycles. The first-order valence-corrected chi connectivity index (χ1v) is 19.6. The smallest absolute Gasteiger partial charge is 0.280 e. The molecular weight excluding hydrogens is 796 g/mol. The number of aliphatic hydroxyl groups excluding tert-OH is 2. The molecule has 5 amide bonds. The van der Waals surface area contributed by atoms with Crippen LogP contribution in [0, 0.1) is 10.1 Å². The lowest BCUT2D eigenvalue weighted by Gasteiger charge is -2.44. The maximum atomic E-state index is 13.0. The highest BCUT2D eigenvalue weighted by Gasteiger charge is 2.47. The molecule has 20 nitrogen and oxygen atoms in total. The molecule has 9 N–H and O–H groups in total. The molecular formula is C41H50N8O12. The minimum Gasteiger partial charge on any atom is -0.394 e. The Bertz CT molecular complexity index is 2190. The number of nitro groups is 1. The van der Waals surface area contributed by atoms with Crippen LogP contribution in [0.2, 0.25) is 0 Å². The molecule has 0 aliphatic carbocycles. The molecule has 1 aliphatic rings. The van der Waals surface area contributed by atoms with E-state index in [-0.39, 0.29) is 31.7 Å². The number of rotatable bonds is 21. The number of hydrogen-bond donors (Lipinski definition) is 8. The number of non-ortho nitro benzene ring substituents is 1. The highest BCUT2D eigenvalue weighted by atomic mass is 16.7. The van der Waals surface area contributed by atoms with Crippen molar-refractivity contribution in [3.8, 4) is 0 Å². The number of para-hydroxylation sites is 1. The first kappa shape index (κ1) is 45.8. The van der Waals surface area contributed by atoms with Gasteiger partial charge in [-0.15, -0.1) is 0 Å². The van der Waals surface area contributed by atoms with Crippen molar-refractivity contribution in [2.45, 2.75) is 82.4 Å². The Morgan fingerprint density at radius 1 is 0.951 bits per heavy atom. The molecule has 0 bridgehead atoms. The Balaban J connectivity index is 1.08. The summed E-state index contributed by atoms with van der Waals surface area (Å²) in [6.07, 6.45) is -5.00. The van der Waals surface area contributed by atoms with E-state index in [0.29, 0.717) is 40.5 Å². The average Bonchev–Trinajstić information content (AvgIpc) is 3.23. The van der Waals surface area contributed by atoms with Gasteiger partial charge in [0.2, 0.25) is 29.5 Å². The van der Waals surface area contributed by atoms with Gasteiger partial charge >= 0.3 is 0 Å². The van der Waals surface area contributed by atoms with E-state index in [4.69, 9.17) is 19.9 Å². The predicted octanol–water partition coefficient (Wildman–Crippen LogP) is 0.654. The van der Waals surface area contributed by atoms with E-state index < -0.39 is 90.4 Å². The number of nitro benzene ring substituents is 1. The van der Waals surface area contributed by atoms with Gasteiger partial charge in [0.15, 0.2) is 6.29 Å². The van der Waals surface area contributed by atoms with E-state index in [0.717, 1.165) is 5.56 Å². The molecule has 5 unspecified atom stereocenters. The van der Waals surface area contributed by atoms with Crippen molar-refractivity contribution in [2.75, 3.05) is 31.6 Å². The highest BCUT2D eigenvalue weighted by Crippen LogP contribution is 2.36. The van der Waals surface area contributed by atoms with Crippen molar-refractivity contribution in [1.82, 2.24) is 26.3 Å². The van der Waals surface area contributed by atoms with E-state index in [9.17, 15) is 44.3 Å². The molecule has 2 heterocycles. The van der Waals surface area contributed by atoms with Crippen molar-refractivity contribution in [3.05, 3.63) is 88.5 Å². The fourth-order valence-corrected chi connectivity index (χ4v) is 6.81. The first-order valence-electron chi connectivity index (χ1n) is 19.6. The lowest BCUT2D eigenvalue weighted by atomic mass is 9.96. The SMILES string of the molecule is CC(=O)NC1C(OCc2ccccc2)OC(CO)C(O)C1OCC(=O)N[C@@H](C)C(=O)N[C@H](CCC(=O)NCCCNc1c2ccccc2nc2cccc([N+](=O)[O-])c12)C(N)=O. The molecule has 5 rings (SSSR count). The minimum absolute atomic E-state index is 0.0608. The molecule has 1 aliphatic heterocycles. The summed E-state index contributed by atoms with van der Waals surface area (Å²) in [7, 11) is 0. The number of pyridine rings is 1.